The number of rotatable bonds is 7. The zero-order chi connectivity index (χ0) is 20.0. The van der Waals surface area contributed by atoms with Crippen molar-refractivity contribution in [2.24, 2.45) is 0 Å². The molecule has 5 heteroatoms. The van der Waals surface area contributed by atoms with Crippen LogP contribution >= 0.6 is 0 Å². The molecule has 0 saturated carbocycles. The fraction of sp³-hybridized carbons (Fsp3) is 0.364. The Morgan fingerprint density at radius 2 is 1.52 bits per heavy atom. The molecule has 27 heavy (non-hydrogen) atoms. The molecule has 0 aromatic heterocycles. The van der Waals surface area contributed by atoms with Gasteiger partial charge in [0, 0.05) is 11.4 Å². The van der Waals surface area contributed by atoms with E-state index < -0.39 is 0 Å². The van der Waals surface area contributed by atoms with Crippen LogP contribution in [-0.4, -0.2) is 36.9 Å². The van der Waals surface area contributed by atoms with Gasteiger partial charge in [0.05, 0.1) is 13.1 Å². The van der Waals surface area contributed by atoms with Crippen LogP contribution in [0.4, 0.5) is 11.4 Å². The first-order chi connectivity index (χ1) is 12.8. The molecule has 144 valence electrons. The van der Waals surface area contributed by atoms with Gasteiger partial charge in [-0.05, 0) is 61.7 Å². The van der Waals surface area contributed by atoms with Gasteiger partial charge in [-0.2, -0.15) is 0 Å². The number of nitrogens with zero attached hydrogens (tertiary/aromatic N) is 1. The van der Waals surface area contributed by atoms with Crippen LogP contribution in [0.15, 0.2) is 42.5 Å². The third-order valence-corrected chi connectivity index (χ3v) is 4.57. The Kier molecular flexibility index (Phi) is 7.13. The number of carbonyl (C=O) groups is 2. The number of hydrogen-bond donors (Lipinski definition) is 2. The maximum absolute atomic E-state index is 12.2. The molecular weight excluding hydrogens is 338 g/mol. The monoisotopic (exact) mass is 367 g/mol. The maximum Gasteiger partial charge on any atom is 0.238 e. The third kappa shape index (κ3) is 6.22. The van der Waals surface area contributed by atoms with E-state index >= 15 is 0 Å². The van der Waals surface area contributed by atoms with E-state index in [1.165, 1.54) is 5.56 Å². The van der Waals surface area contributed by atoms with Crippen LogP contribution in [0, 0.1) is 13.8 Å². The SMILES string of the molecule is Cc1cccc(NC(=O)CN(C)CC(=O)Nc2ccc(C(C)C)cc2)c1C. The molecule has 0 radical (unpaired) electrons. The molecule has 0 aliphatic heterocycles. The summed E-state index contributed by atoms with van der Waals surface area (Å²) in [5.74, 6) is 0.172. The molecule has 2 amide bonds. The number of aryl methyl sites for hydroxylation is 1. The second kappa shape index (κ2) is 9.33. The number of anilines is 2. The average molecular weight is 367 g/mol. The predicted octanol–water partition coefficient (Wildman–Crippen LogP) is 3.94. The highest BCUT2D eigenvalue weighted by Crippen LogP contribution is 2.18. The Labute approximate surface area is 161 Å². The predicted molar refractivity (Wildman–Crippen MR) is 111 cm³/mol. The fourth-order valence-corrected chi connectivity index (χ4v) is 2.77. The Morgan fingerprint density at radius 1 is 0.926 bits per heavy atom. The first kappa shape index (κ1) is 20.6. The zero-order valence-corrected chi connectivity index (χ0v) is 16.8. The van der Waals surface area contributed by atoms with Crippen molar-refractivity contribution in [1.82, 2.24) is 4.90 Å². The summed E-state index contributed by atoms with van der Waals surface area (Å²) in [5, 5.41) is 5.78. The smallest absolute Gasteiger partial charge is 0.238 e. The van der Waals surface area contributed by atoms with Gasteiger partial charge in [-0.25, -0.2) is 0 Å². The van der Waals surface area contributed by atoms with Crippen molar-refractivity contribution < 1.29 is 9.59 Å². The van der Waals surface area contributed by atoms with Gasteiger partial charge in [-0.3, -0.25) is 14.5 Å². The van der Waals surface area contributed by atoms with E-state index in [2.05, 4.69) is 24.5 Å². The number of carbonyl (C=O) groups excluding carboxylic acids is 2. The molecule has 2 aromatic rings. The molecule has 0 unspecified atom stereocenters. The first-order valence-electron chi connectivity index (χ1n) is 9.20. The Morgan fingerprint density at radius 3 is 2.11 bits per heavy atom. The van der Waals surface area contributed by atoms with E-state index in [-0.39, 0.29) is 24.9 Å². The molecule has 0 aliphatic carbocycles. The van der Waals surface area contributed by atoms with Gasteiger partial charge in [0.15, 0.2) is 0 Å². The van der Waals surface area contributed by atoms with Crippen LogP contribution in [-0.2, 0) is 9.59 Å². The van der Waals surface area contributed by atoms with Gasteiger partial charge in [-0.15, -0.1) is 0 Å². The molecule has 2 N–H and O–H groups in total. The van der Waals surface area contributed by atoms with Crippen LogP contribution in [0.1, 0.15) is 36.5 Å². The molecule has 0 heterocycles. The summed E-state index contributed by atoms with van der Waals surface area (Å²) >= 11 is 0. The molecule has 0 aliphatic rings. The molecule has 0 spiro atoms. The van der Waals surface area contributed by atoms with Crippen molar-refractivity contribution in [3.63, 3.8) is 0 Å². The van der Waals surface area contributed by atoms with E-state index in [0.717, 1.165) is 22.5 Å². The van der Waals surface area contributed by atoms with Gasteiger partial charge in [0.25, 0.3) is 0 Å². The third-order valence-electron chi connectivity index (χ3n) is 4.57. The fourth-order valence-electron chi connectivity index (χ4n) is 2.77. The molecule has 2 aromatic carbocycles. The first-order valence-corrected chi connectivity index (χ1v) is 9.20. The van der Waals surface area contributed by atoms with E-state index in [1.807, 2.05) is 56.3 Å². The van der Waals surface area contributed by atoms with Crippen molar-refractivity contribution in [3.05, 3.63) is 59.2 Å². The lowest BCUT2D eigenvalue weighted by atomic mass is 10.0. The number of benzene rings is 2. The van der Waals surface area contributed by atoms with E-state index in [0.29, 0.717) is 5.92 Å². The normalized spacial score (nSPS) is 10.9. The minimum absolute atomic E-state index is 0.139. The van der Waals surface area contributed by atoms with E-state index in [4.69, 9.17) is 0 Å². The lowest BCUT2D eigenvalue weighted by Crippen LogP contribution is -2.36. The molecular formula is C22H29N3O2. The summed E-state index contributed by atoms with van der Waals surface area (Å²) in [7, 11) is 1.75. The molecule has 0 fully saturated rings. The van der Waals surface area contributed by atoms with Crippen LogP contribution in [0.25, 0.3) is 0 Å². The summed E-state index contributed by atoms with van der Waals surface area (Å²) in [6.45, 7) is 8.54. The quantitative estimate of drug-likeness (QED) is 0.779. The van der Waals surface area contributed by atoms with Crippen molar-refractivity contribution in [1.29, 1.82) is 0 Å². The van der Waals surface area contributed by atoms with Crippen molar-refractivity contribution >= 4 is 23.2 Å². The highest BCUT2D eigenvalue weighted by molar-refractivity contribution is 5.95. The molecule has 0 atom stereocenters. The van der Waals surface area contributed by atoms with Gasteiger partial charge >= 0.3 is 0 Å². The van der Waals surface area contributed by atoms with Gasteiger partial charge < -0.3 is 10.6 Å². The summed E-state index contributed by atoms with van der Waals surface area (Å²) in [4.78, 5) is 26.1. The molecule has 0 bridgehead atoms. The second-order valence-corrected chi connectivity index (χ2v) is 7.29. The largest absolute Gasteiger partial charge is 0.325 e. The number of amides is 2. The molecule has 2 rings (SSSR count). The summed E-state index contributed by atoms with van der Waals surface area (Å²) in [6, 6.07) is 13.6. The van der Waals surface area contributed by atoms with Gasteiger partial charge in [0.1, 0.15) is 0 Å². The Balaban J connectivity index is 1.83. The highest BCUT2D eigenvalue weighted by atomic mass is 16.2. The Hall–Kier alpha value is -2.66. The number of likely N-dealkylation sites (N-methyl/N-ethyl adjacent to an activating group) is 1. The summed E-state index contributed by atoms with van der Waals surface area (Å²) in [5.41, 5.74) is 4.98. The van der Waals surface area contributed by atoms with Crippen molar-refractivity contribution in [2.75, 3.05) is 30.8 Å². The maximum atomic E-state index is 12.2. The topological polar surface area (TPSA) is 61.4 Å². The summed E-state index contributed by atoms with van der Waals surface area (Å²) in [6.07, 6.45) is 0. The minimum atomic E-state index is -0.144. The lowest BCUT2D eigenvalue weighted by Gasteiger charge is -2.17. The molecule has 5 nitrogen and oxygen atoms in total. The lowest BCUT2D eigenvalue weighted by molar-refractivity contribution is -0.119. The standard InChI is InChI=1S/C22H29N3O2/c1-15(2)18-9-11-19(12-10-18)23-21(26)13-25(5)14-22(27)24-20-8-6-7-16(3)17(20)4/h6-12,15H,13-14H2,1-5H3,(H,23,26)(H,24,27). The van der Waals surface area contributed by atoms with Crippen LogP contribution in [0.3, 0.4) is 0 Å². The molecule has 0 saturated heterocycles. The second-order valence-electron chi connectivity index (χ2n) is 7.29. The van der Waals surface area contributed by atoms with Crippen molar-refractivity contribution in [3.8, 4) is 0 Å². The number of nitrogens with one attached hydrogen (secondary N) is 2. The minimum Gasteiger partial charge on any atom is -0.325 e. The zero-order valence-electron chi connectivity index (χ0n) is 16.8. The Bertz CT molecular complexity index is 798. The van der Waals surface area contributed by atoms with E-state index in [9.17, 15) is 9.59 Å². The van der Waals surface area contributed by atoms with Crippen molar-refractivity contribution in [2.45, 2.75) is 33.6 Å². The van der Waals surface area contributed by atoms with Crippen LogP contribution < -0.4 is 10.6 Å². The highest BCUT2D eigenvalue weighted by Gasteiger charge is 2.12. The van der Waals surface area contributed by atoms with Gasteiger partial charge in [0.2, 0.25) is 11.8 Å². The van der Waals surface area contributed by atoms with Crippen LogP contribution in [0.2, 0.25) is 0 Å². The summed E-state index contributed by atoms with van der Waals surface area (Å²) < 4.78 is 0. The van der Waals surface area contributed by atoms with E-state index in [1.54, 1.807) is 11.9 Å². The van der Waals surface area contributed by atoms with Crippen LogP contribution in [0.5, 0.6) is 0 Å². The average Bonchev–Trinajstić information content (AvgIpc) is 2.59. The number of hydrogen-bond acceptors (Lipinski definition) is 3. The van der Waals surface area contributed by atoms with Gasteiger partial charge in [-0.1, -0.05) is 38.1 Å².